The van der Waals surface area contributed by atoms with Gasteiger partial charge in [-0.15, -0.1) is 0 Å². The van der Waals surface area contributed by atoms with Crippen LogP contribution in [0.15, 0.2) is 36.4 Å². The van der Waals surface area contributed by atoms with Gasteiger partial charge in [-0.05, 0) is 98.0 Å². The van der Waals surface area contributed by atoms with Crippen LogP contribution >= 0.6 is 11.6 Å². The van der Waals surface area contributed by atoms with Crippen LogP contribution in [0.4, 0.5) is 4.39 Å². The highest BCUT2D eigenvalue weighted by molar-refractivity contribution is 7.89. The number of nitrogens with zero attached hydrogens (tertiary/aromatic N) is 3. The SMILES string of the molecule is Cc1ccc(Cl)c(CN(Cc2cccc(CN3C(C(=O)N[C@H]4C[C@@H]5C[C@H]([C@@H]4C)C5(C)C)CCS3(=O)=O)c2)[C@H](CN(C)C)CC(C)(C)C)c1F. The third kappa shape index (κ3) is 8.54. The number of aryl methyl sites for hydroxylation is 1. The largest absolute Gasteiger partial charge is 0.352 e. The van der Waals surface area contributed by atoms with Crippen LogP contribution in [0.2, 0.25) is 5.02 Å². The molecule has 0 aromatic heterocycles. The van der Waals surface area contributed by atoms with E-state index in [-0.39, 0.29) is 41.5 Å². The van der Waals surface area contributed by atoms with Crippen LogP contribution < -0.4 is 5.32 Å². The lowest BCUT2D eigenvalue weighted by atomic mass is 9.45. The number of sulfonamides is 1. The molecule has 3 aliphatic carbocycles. The van der Waals surface area contributed by atoms with Crippen LogP contribution in [0.5, 0.6) is 0 Å². The predicted molar refractivity (Wildman–Crippen MR) is 197 cm³/mol. The second kappa shape index (κ2) is 14.5. The van der Waals surface area contributed by atoms with E-state index in [1.807, 2.05) is 24.3 Å². The molecule has 4 fully saturated rings. The van der Waals surface area contributed by atoms with E-state index in [2.05, 4.69) is 70.8 Å². The van der Waals surface area contributed by atoms with Crippen molar-refractivity contribution in [2.24, 2.45) is 28.6 Å². The van der Waals surface area contributed by atoms with Gasteiger partial charge in [-0.3, -0.25) is 9.69 Å². The Balaban J connectivity index is 1.37. The van der Waals surface area contributed by atoms with Gasteiger partial charge in [0.15, 0.2) is 0 Å². The van der Waals surface area contributed by atoms with Crippen molar-refractivity contribution in [3.05, 3.63) is 69.5 Å². The second-order valence-electron chi connectivity index (χ2n) is 17.3. The van der Waals surface area contributed by atoms with Gasteiger partial charge in [0, 0.05) is 48.8 Å². The van der Waals surface area contributed by atoms with Crippen LogP contribution in [-0.4, -0.2) is 72.9 Å². The molecule has 0 radical (unpaired) electrons. The van der Waals surface area contributed by atoms with E-state index < -0.39 is 16.1 Å². The summed E-state index contributed by atoms with van der Waals surface area (Å²) in [5.74, 6) is 1.07. The summed E-state index contributed by atoms with van der Waals surface area (Å²) in [6, 6.07) is 10.9. The number of benzene rings is 2. The van der Waals surface area contributed by atoms with Gasteiger partial charge in [-0.25, -0.2) is 12.8 Å². The van der Waals surface area contributed by atoms with E-state index in [4.69, 9.17) is 11.6 Å². The van der Waals surface area contributed by atoms with E-state index in [0.29, 0.717) is 58.8 Å². The molecule has 1 unspecified atom stereocenters. The van der Waals surface area contributed by atoms with E-state index in [1.165, 1.54) is 10.7 Å². The summed E-state index contributed by atoms with van der Waals surface area (Å²) in [7, 11) is 0.512. The van der Waals surface area contributed by atoms with Crippen LogP contribution in [0, 0.1) is 41.3 Å². The molecule has 1 N–H and O–H groups in total. The molecule has 3 saturated carbocycles. The van der Waals surface area contributed by atoms with Gasteiger partial charge < -0.3 is 10.2 Å². The number of amides is 1. The molecule has 1 saturated heterocycles. The highest BCUT2D eigenvalue weighted by Crippen LogP contribution is 2.61. The minimum atomic E-state index is -3.59. The fraction of sp³-hybridized carbons (Fsp3) is 0.667. The third-order valence-corrected chi connectivity index (χ3v) is 13.9. The number of nitrogens with one attached hydrogen (secondary N) is 1. The number of carbonyl (C=O) groups is 1. The van der Waals surface area contributed by atoms with Gasteiger partial charge in [-0.2, -0.15) is 4.31 Å². The molecule has 6 rings (SSSR count). The quantitative estimate of drug-likeness (QED) is 0.251. The van der Waals surface area contributed by atoms with Gasteiger partial charge in [-0.1, -0.05) is 83.5 Å². The summed E-state index contributed by atoms with van der Waals surface area (Å²) in [4.78, 5) is 18.2. The first-order chi connectivity index (χ1) is 22.8. The molecule has 4 aliphatic rings. The first kappa shape index (κ1) is 38.2. The minimum absolute atomic E-state index is 0.0289. The Labute approximate surface area is 300 Å². The molecule has 49 heavy (non-hydrogen) atoms. The normalized spacial score (nSPS) is 26.9. The molecule has 272 valence electrons. The first-order valence-electron chi connectivity index (χ1n) is 18.0. The maximum Gasteiger partial charge on any atom is 0.238 e. The Kier molecular flexibility index (Phi) is 11.3. The van der Waals surface area contributed by atoms with Crippen molar-refractivity contribution in [2.45, 2.75) is 112 Å². The number of fused-ring (bicyclic) bond motifs is 2. The zero-order chi connectivity index (χ0) is 36.1. The third-order valence-electron chi connectivity index (χ3n) is 11.7. The van der Waals surface area contributed by atoms with E-state index in [1.54, 1.807) is 19.1 Å². The summed E-state index contributed by atoms with van der Waals surface area (Å²) in [5.41, 5.74) is 3.21. The van der Waals surface area contributed by atoms with Crippen molar-refractivity contribution in [2.75, 3.05) is 26.4 Å². The van der Waals surface area contributed by atoms with Crippen LogP contribution in [0.1, 0.15) is 89.5 Å². The zero-order valence-electron chi connectivity index (χ0n) is 31.0. The van der Waals surface area contributed by atoms with Crippen molar-refractivity contribution in [1.29, 1.82) is 0 Å². The lowest BCUT2D eigenvalue weighted by Crippen LogP contribution is -2.61. The van der Waals surface area contributed by atoms with Crippen LogP contribution in [0.25, 0.3) is 0 Å². The number of hydrogen-bond acceptors (Lipinski definition) is 5. The van der Waals surface area contributed by atoms with Crippen molar-refractivity contribution < 1.29 is 17.6 Å². The molecule has 2 aromatic rings. The Hall–Kier alpha value is -2.04. The number of halogens is 2. The zero-order valence-corrected chi connectivity index (χ0v) is 32.6. The summed E-state index contributed by atoms with van der Waals surface area (Å²) in [5, 5.41) is 3.70. The summed E-state index contributed by atoms with van der Waals surface area (Å²) >= 11 is 6.60. The molecule has 6 atom stereocenters. The minimum Gasteiger partial charge on any atom is -0.352 e. The number of likely N-dealkylation sites (N-methyl/N-ethyl adjacent to an activating group) is 1. The summed E-state index contributed by atoms with van der Waals surface area (Å²) < 4.78 is 43.6. The van der Waals surface area contributed by atoms with Crippen molar-refractivity contribution in [3.63, 3.8) is 0 Å². The van der Waals surface area contributed by atoms with E-state index >= 15 is 4.39 Å². The molecule has 2 bridgehead atoms. The van der Waals surface area contributed by atoms with Gasteiger partial charge in [0.1, 0.15) is 11.9 Å². The average Bonchev–Trinajstić information content (AvgIpc) is 3.29. The fourth-order valence-corrected chi connectivity index (χ4v) is 10.8. The highest BCUT2D eigenvalue weighted by Gasteiger charge is 2.56. The Bertz CT molecular complexity index is 1620. The lowest BCUT2D eigenvalue weighted by Gasteiger charge is -2.62. The maximum atomic E-state index is 15.5. The molecule has 1 aliphatic heterocycles. The van der Waals surface area contributed by atoms with Crippen LogP contribution in [-0.2, 0) is 34.5 Å². The van der Waals surface area contributed by atoms with Gasteiger partial charge >= 0.3 is 0 Å². The molecule has 1 heterocycles. The predicted octanol–water partition coefficient (Wildman–Crippen LogP) is 7.25. The monoisotopic (exact) mass is 716 g/mol. The molecule has 1 amide bonds. The Morgan fingerprint density at radius 1 is 1.12 bits per heavy atom. The lowest BCUT2D eigenvalue weighted by molar-refractivity contribution is -0.136. The van der Waals surface area contributed by atoms with E-state index in [0.717, 1.165) is 30.5 Å². The van der Waals surface area contributed by atoms with Crippen molar-refractivity contribution in [3.8, 4) is 0 Å². The summed E-state index contributed by atoms with van der Waals surface area (Å²) in [6.07, 6.45) is 3.35. The Morgan fingerprint density at radius 2 is 1.82 bits per heavy atom. The molecule has 7 nitrogen and oxygen atoms in total. The van der Waals surface area contributed by atoms with Gasteiger partial charge in [0.25, 0.3) is 0 Å². The molecular weight excluding hydrogens is 659 g/mol. The summed E-state index contributed by atoms with van der Waals surface area (Å²) in [6.45, 7) is 17.1. The van der Waals surface area contributed by atoms with Gasteiger partial charge in [0.2, 0.25) is 15.9 Å². The number of carbonyl (C=O) groups excluding carboxylic acids is 1. The Morgan fingerprint density at radius 3 is 2.45 bits per heavy atom. The average molecular weight is 717 g/mol. The topological polar surface area (TPSA) is 73.0 Å². The van der Waals surface area contributed by atoms with Crippen molar-refractivity contribution >= 4 is 27.5 Å². The second-order valence-corrected chi connectivity index (χ2v) is 19.7. The smallest absolute Gasteiger partial charge is 0.238 e. The van der Waals surface area contributed by atoms with Crippen molar-refractivity contribution in [1.82, 2.24) is 19.4 Å². The van der Waals surface area contributed by atoms with Gasteiger partial charge in [0.05, 0.1) is 5.75 Å². The molecule has 0 spiro atoms. The first-order valence-corrected chi connectivity index (χ1v) is 20.0. The highest BCUT2D eigenvalue weighted by atomic mass is 35.5. The fourth-order valence-electron chi connectivity index (χ4n) is 8.86. The van der Waals surface area contributed by atoms with Crippen LogP contribution in [0.3, 0.4) is 0 Å². The molecule has 2 aromatic carbocycles. The number of rotatable bonds is 12. The standard InChI is InChI=1S/C39H58ClFN4O3S/c1-25-13-14-33(40)31(36(25)41)24-44(30(23-43(8)9)20-38(3,4)5)21-27-11-10-12-28(17-27)22-45-35(15-16-49(45,47)48)37(46)42-34-19-29-18-32(26(34)2)39(29,6)7/h10-14,17,26,29-30,32,34-35H,15-16,18-24H2,1-9H3,(H,42,46)/t26-,29-,30-,32+,34-,35?/m0/s1. The molecular formula is C39H58ClFN4O3S. The molecule has 10 heteroatoms. The van der Waals surface area contributed by atoms with E-state index in [9.17, 15) is 13.2 Å². The number of hydrogen-bond donors (Lipinski definition) is 1. The maximum absolute atomic E-state index is 15.5.